The van der Waals surface area contributed by atoms with E-state index in [4.69, 9.17) is 9.47 Å². The topological polar surface area (TPSA) is 81.5 Å². The van der Waals surface area contributed by atoms with Crippen molar-refractivity contribution in [2.75, 3.05) is 26.7 Å². The number of benzene rings is 1. The average Bonchev–Trinajstić information content (AvgIpc) is 3.20. The first-order valence-electron chi connectivity index (χ1n) is 9.35. The SMILES string of the molecule is COc1ccc(CNC(=O)CCN2CC[C@@H]3[C@@H](C2)OCc2cnnn23)cc1. The van der Waals surface area contributed by atoms with Crippen molar-refractivity contribution in [2.45, 2.75) is 38.1 Å². The normalized spacial score (nSPS) is 22.0. The number of hydrogen-bond acceptors (Lipinski definition) is 6. The van der Waals surface area contributed by atoms with Crippen molar-refractivity contribution >= 4 is 5.91 Å². The van der Waals surface area contributed by atoms with Crippen LogP contribution in [-0.2, 0) is 22.7 Å². The van der Waals surface area contributed by atoms with E-state index in [0.717, 1.165) is 43.1 Å². The third-order valence-corrected chi connectivity index (χ3v) is 5.32. The van der Waals surface area contributed by atoms with E-state index in [9.17, 15) is 4.79 Å². The van der Waals surface area contributed by atoms with Crippen molar-refractivity contribution in [1.82, 2.24) is 25.2 Å². The van der Waals surface area contributed by atoms with Gasteiger partial charge in [0.15, 0.2) is 0 Å². The minimum atomic E-state index is 0.0658. The van der Waals surface area contributed by atoms with E-state index in [2.05, 4.69) is 20.5 Å². The van der Waals surface area contributed by atoms with Crippen molar-refractivity contribution < 1.29 is 14.3 Å². The molecule has 1 aromatic carbocycles. The number of ether oxygens (including phenoxy) is 2. The molecule has 2 aliphatic rings. The summed E-state index contributed by atoms with van der Waals surface area (Å²) in [5, 5.41) is 11.2. The van der Waals surface area contributed by atoms with Gasteiger partial charge in [-0.05, 0) is 24.1 Å². The van der Waals surface area contributed by atoms with Crippen LogP contribution in [0, 0.1) is 0 Å². The van der Waals surface area contributed by atoms with E-state index in [1.54, 1.807) is 13.3 Å². The molecule has 1 fully saturated rings. The van der Waals surface area contributed by atoms with Crippen LogP contribution in [0.5, 0.6) is 5.75 Å². The first-order valence-corrected chi connectivity index (χ1v) is 9.35. The highest BCUT2D eigenvalue weighted by Crippen LogP contribution is 2.30. The number of nitrogens with one attached hydrogen (secondary N) is 1. The first-order chi connectivity index (χ1) is 13.2. The Hall–Kier alpha value is -2.45. The summed E-state index contributed by atoms with van der Waals surface area (Å²) in [4.78, 5) is 14.5. The minimum Gasteiger partial charge on any atom is -0.497 e. The summed E-state index contributed by atoms with van der Waals surface area (Å²) in [5.74, 6) is 0.882. The highest BCUT2D eigenvalue weighted by molar-refractivity contribution is 5.76. The summed E-state index contributed by atoms with van der Waals surface area (Å²) in [7, 11) is 1.64. The molecule has 4 rings (SSSR count). The van der Waals surface area contributed by atoms with Crippen LogP contribution in [0.3, 0.4) is 0 Å². The molecule has 3 heterocycles. The van der Waals surface area contributed by atoms with Gasteiger partial charge in [0.05, 0.1) is 37.8 Å². The molecule has 0 bridgehead atoms. The summed E-state index contributed by atoms with van der Waals surface area (Å²) in [5.41, 5.74) is 2.10. The molecule has 0 aliphatic carbocycles. The van der Waals surface area contributed by atoms with Gasteiger partial charge >= 0.3 is 0 Å². The highest BCUT2D eigenvalue weighted by Gasteiger charge is 2.36. The molecule has 144 valence electrons. The molecule has 2 atom stereocenters. The number of nitrogens with zero attached hydrogens (tertiary/aromatic N) is 4. The lowest BCUT2D eigenvalue weighted by Crippen LogP contribution is -2.49. The molecule has 27 heavy (non-hydrogen) atoms. The van der Waals surface area contributed by atoms with Crippen molar-refractivity contribution in [3.63, 3.8) is 0 Å². The van der Waals surface area contributed by atoms with Crippen LogP contribution in [0.2, 0.25) is 0 Å². The molecule has 2 aromatic rings. The number of aromatic nitrogens is 3. The minimum absolute atomic E-state index is 0.0658. The van der Waals surface area contributed by atoms with Crippen molar-refractivity contribution in [2.24, 2.45) is 0 Å². The maximum Gasteiger partial charge on any atom is 0.221 e. The third-order valence-electron chi connectivity index (χ3n) is 5.32. The molecule has 1 N–H and O–H groups in total. The van der Waals surface area contributed by atoms with Gasteiger partial charge in [0, 0.05) is 32.6 Å². The van der Waals surface area contributed by atoms with Crippen LogP contribution >= 0.6 is 0 Å². The monoisotopic (exact) mass is 371 g/mol. The van der Waals surface area contributed by atoms with E-state index in [1.165, 1.54) is 0 Å². The smallest absolute Gasteiger partial charge is 0.221 e. The molecular weight excluding hydrogens is 346 g/mol. The fourth-order valence-electron chi connectivity index (χ4n) is 3.75. The van der Waals surface area contributed by atoms with Crippen LogP contribution in [0.25, 0.3) is 0 Å². The Labute approximate surface area is 158 Å². The zero-order chi connectivity index (χ0) is 18.6. The maximum atomic E-state index is 12.2. The molecule has 8 nitrogen and oxygen atoms in total. The number of methoxy groups -OCH3 is 1. The second-order valence-corrected chi connectivity index (χ2v) is 7.05. The van der Waals surface area contributed by atoms with E-state index >= 15 is 0 Å². The second kappa shape index (κ2) is 8.06. The van der Waals surface area contributed by atoms with Crippen molar-refractivity contribution in [3.8, 4) is 5.75 Å². The van der Waals surface area contributed by atoms with Gasteiger partial charge < -0.3 is 19.7 Å². The van der Waals surface area contributed by atoms with Crippen molar-refractivity contribution in [1.29, 1.82) is 0 Å². The number of hydrogen-bond donors (Lipinski definition) is 1. The predicted octanol–water partition coefficient (Wildman–Crippen LogP) is 1.14. The summed E-state index contributed by atoms with van der Waals surface area (Å²) in [6.07, 6.45) is 3.35. The zero-order valence-electron chi connectivity index (χ0n) is 15.5. The van der Waals surface area contributed by atoms with Gasteiger partial charge in [0.1, 0.15) is 5.75 Å². The standard InChI is InChI=1S/C19H25N5O3/c1-26-16-4-2-14(3-5-16)10-20-19(25)7-9-23-8-6-17-18(12-23)27-13-15-11-21-22-24(15)17/h2-5,11,17-18H,6-10,12-13H2,1H3,(H,20,25)/t17-,18-/m1/s1. The molecule has 0 saturated carbocycles. The fourth-order valence-corrected chi connectivity index (χ4v) is 3.75. The number of carbonyl (C=O) groups is 1. The van der Waals surface area contributed by atoms with Gasteiger partial charge in [0.2, 0.25) is 5.91 Å². The Morgan fingerprint density at radius 2 is 2.22 bits per heavy atom. The van der Waals surface area contributed by atoms with E-state index in [1.807, 2.05) is 28.9 Å². The van der Waals surface area contributed by atoms with Gasteiger partial charge in [-0.1, -0.05) is 17.3 Å². The lowest BCUT2D eigenvalue weighted by molar-refractivity contribution is -0.122. The highest BCUT2D eigenvalue weighted by atomic mass is 16.5. The lowest BCUT2D eigenvalue weighted by Gasteiger charge is -2.40. The van der Waals surface area contributed by atoms with Gasteiger partial charge in [-0.2, -0.15) is 0 Å². The van der Waals surface area contributed by atoms with E-state index < -0.39 is 0 Å². The maximum absolute atomic E-state index is 12.2. The van der Waals surface area contributed by atoms with Crippen LogP contribution in [0.4, 0.5) is 0 Å². The number of fused-ring (bicyclic) bond motifs is 3. The summed E-state index contributed by atoms with van der Waals surface area (Å²) in [6.45, 7) is 3.60. The van der Waals surface area contributed by atoms with Crippen LogP contribution < -0.4 is 10.1 Å². The largest absolute Gasteiger partial charge is 0.497 e. The summed E-state index contributed by atoms with van der Waals surface area (Å²) in [6, 6.07) is 7.98. The van der Waals surface area contributed by atoms with Gasteiger partial charge in [-0.3, -0.25) is 4.79 Å². The summed E-state index contributed by atoms with van der Waals surface area (Å²) >= 11 is 0. The van der Waals surface area contributed by atoms with E-state index in [0.29, 0.717) is 19.6 Å². The number of piperidine rings is 1. The second-order valence-electron chi connectivity index (χ2n) is 7.05. The zero-order valence-corrected chi connectivity index (χ0v) is 15.5. The molecule has 1 aromatic heterocycles. The number of amides is 1. The molecular formula is C19H25N5O3. The Kier molecular flexibility index (Phi) is 5.35. The Bertz CT molecular complexity index is 776. The molecule has 0 radical (unpaired) electrons. The predicted molar refractivity (Wildman–Crippen MR) is 98.2 cm³/mol. The number of likely N-dealkylation sites (tertiary alicyclic amines) is 1. The lowest BCUT2D eigenvalue weighted by atomic mass is 10.00. The van der Waals surface area contributed by atoms with Crippen LogP contribution in [0.1, 0.15) is 30.1 Å². The first kappa shape index (κ1) is 17.9. The fraction of sp³-hybridized carbons (Fsp3) is 0.526. The number of carbonyl (C=O) groups excluding carboxylic acids is 1. The Balaban J connectivity index is 1.21. The van der Waals surface area contributed by atoms with Gasteiger partial charge in [-0.25, -0.2) is 4.68 Å². The van der Waals surface area contributed by atoms with Crippen LogP contribution in [0.15, 0.2) is 30.5 Å². The van der Waals surface area contributed by atoms with Crippen LogP contribution in [-0.4, -0.2) is 58.6 Å². The van der Waals surface area contributed by atoms with Crippen molar-refractivity contribution in [3.05, 3.63) is 41.7 Å². The number of rotatable bonds is 6. The van der Waals surface area contributed by atoms with Gasteiger partial charge in [0.25, 0.3) is 0 Å². The van der Waals surface area contributed by atoms with E-state index in [-0.39, 0.29) is 18.1 Å². The molecule has 0 unspecified atom stereocenters. The molecule has 1 amide bonds. The van der Waals surface area contributed by atoms with Gasteiger partial charge in [-0.15, -0.1) is 5.10 Å². The summed E-state index contributed by atoms with van der Waals surface area (Å²) < 4.78 is 13.1. The Morgan fingerprint density at radius 3 is 3.04 bits per heavy atom. The Morgan fingerprint density at radius 1 is 1.37 bits per heavy atom. The molecule has 8 heteroatoms. The molecule has 2 aliphatic heterocycles. The molecule has 0 spiro atoms. The molecule has 1 saturated heterocycles. The average molecular weight is 371 g/mol. The quantitative estimate of drug-likeness (QED) is 0.820. The third kappa shape index (κ3) is 4.12.